The minimum Gasteiger partial charge on any atom is -0.340 e. The summed E-state index contributed by atoms with van der Waals surface area (Å²) in [6.45, 7) is 8.33. The van der Waals surface area contributed by atoms with Gasteiger partial charge in [-0.3, -0.25) is 4.79 Å². The number of nitrogens with zero attached hydrogens (tertiary/aromatic N) is 3. The van der Waals surface area contributed by atoms with Crippen molar-refractivity contribution in [1.29, 1.82) is 0 Å². The Morgan fingerprint density at radius 2 is 1.62 bits per heavy atom. The Labute approximate surface area is 233 Å². The van der Waals surface area contributed by atoms with Gasteiger partial charge in [-0.2, -0.15) is 0 Å². The second-order valence-corrected chi connectivity index (χ2v) is 13.7. The van der Waals surface area contributed by atoms with Gasteiger partial charge in [-0.05, 0) is 107 Å². The number of amides is 1. The topological polar surface area (TPSA) is 73.0 Å². The van der Waals surface area contributed by atoms with Crippen LogP contribution >= 0.6 is 0 Å². The first kappa shape index (κ1) is 30.3. The third kappa shape index (κ3) is 8.44. The maximum absolute atomic E-state index is 14.2. The van der Waals surface area contributed by atoms with Crippen LogP contribution in [0.25, 0.3) is 0 Å². The van der Waals surface area contributed by atoms with E-state index in [1.807, 2.05) is 0 Å². The number of piperidine rings is 3. The van der Waals surface area contributed by atoms with Gasteiger partial charge in [0.25, 0.3) is 0 Å². The Hall–Kier alpha value is -1.62. The van der Waals surface area contributed by atoms with Gasteiger partial charge in [0.05, 0.1) is 6.26 Å². The molecule has 39 heavy (non-hydrogen) atoms. The molecule has 7 nitrogen and oxygen atoms in total. The molecule has 1 aromatic rings. The van der Waals surface area contributed by atoms with Crippen molar-refractivity contribution in [1.82, 2.24) is 19.4 Å². The van der Waals surface area contributed by atoms with E-state index in [1.54, 1.807) is 0 Å². The van der Waals surface area contributed by atoms with E-state index >= 15 is 0 Å². The summed E-state index contributed by atoms with van der Waals surface area (Å²) in [5.74, 6) is -0.229. The second-order valence-electron chi connectivity index (χ2n) is 11.7. The second kappa shape index (κ2) is 13.8. The number of halogens is 2. The molecule has 0 bridgehead atoms. The number of hydrogen-bond donors (Lipinski definition) is 1. The number of carbonyl (C=O) groups is 1. The molecule has 0 aliphatic carbocycles. The first-order valence-corrected chi connectivity index (χ1v) is 16.6. The lowest BCUT2D eigenvalue weighted by Gasteiger charge is -2.40. The zero-order valence-electron chi connectivity index (χ0n) is 23.6. The van der Waals surface area contributed by atoms with Crippen LogP contribution in [0, 0.1) is 23.5 Å². The largest absolute Gasteiger partial charge is 0.340 e. The van der Waals surface area contributed by atoms with Crippen LogP contribution in [0.1, 0.15) is 69.8 Å². The van der Waals surface area contributed by atoms with Crippen LogP contribution in [0.3, 0.4) is 0 Å². The highest BCUT2D eigenvalue weighted by Gasteiger charge is 2.33. The summed E-state index contributed by atoms with van der Waals surface area (Å²) in [5.41, 5.74) is 0.667. The molecule has 0 unspecified atom stereocenters. The zero-order chi connectivity index (χ0) is 28.0. The minimum atomic E-state index is -3.24. The molecule has 3 saturated heterocycles. The van der Waals surface area contributed by atoms with Crippen molar-refractivity contribution < 1.29 is 22.0 Å². The van der Waals surface area contributed by atoms with Gasteiger partial charge < -0.3 is 15.1 Å². The Morgan fingerprint density at radius 3 is 2.18 bits per heavy atom. The van der Waals surface area contributed by atoms with E-state index in [0.717, 1.165) is 77.4 Å². The molecule has 3 aliphatic heterocycles. The van der Waals surface area contributed by atoms with E-state index in [1.165, 1.54) is 22.7 Å². The molecule has 1 atom stereocenters. The Bertz CT molecular complexity index is 1030. The van der Waals surface area contributed by atoms with Gasteiger partial charge in [0.2, 0.25) is 15.9 Å². The molecule has 4 rings (SSSR count). The number of rotatable bonds is 10. The molecular weight excluding hydrogens is 522 g/mol. The molecule has 0 saturated carbocycles. The third-order valence-corrected chi connectivity index (χ3v) is 10.5. The smallest absolute Gasteiger partial charge is 0.223 e. The summed E-state index contributed by atoms with van der Waals surface area (Å²) in [5, 5.41) is 3.37. The highest BCUT2D eigenvalue weighted by atomic mass is 32.2. The lowest BCUT2D eigenvalue weighted by Crippen LogP contribution is -2.48. The van der Waals surface area contributed by atoms with Crippen LogP contribution in [0.4, 0.5) is 8.78 Å². The van der Waals surface area contributed by atoms with Crippen molar-refractivity contribution in [2.45, 2.75) is 70.3 Å². The highest BCUT2D eigenvalue weighted by Crippen LogP contribution is 2.37. The summed E-state index contributed by atoms with van der Waals surface area (Å²) in [7, 11) is -3.24. The molecule has 220 valence electrons. The molecule has 3 aliphatic rings. The van der Waals surface area contributed by atoms with Crippen LogP contribution in [-0.2, 0) is 14.8 Å². The predicted octanol–water partition coefficient (Wildman–Crippen LogP) is 3.81. The van der Waals surface area contributed by atoms with Crippen LogP contribution < -0.4 is 5.32 Å². The maximum Gasteiger partial charge on any atom is 0.223 e. The summed E-state index contributed by atoms with van der Waals surface area (Å²) in [4.78, 5) is 17.6. The lowest BCUT2D eigenvalue weighted by molar-refractivity contribution is -0.135. The molecule has 3 heterocycles. The standard InChI is InChI=1S/C29H46F2N4O3S/c1-3-35(29(36)18-22-4-11-32-12-5-22)27-8-13-33(14-9-27)15-10-28(24-19-25(30)21-26(31)20-24)23-6-16-34(17-7-23)39(2,37)38/h19-23,27-28,32H,3-18H2,1-2H3/t28-/m1/s1. The van der Waals surface area contributed by atoms with E-state index in [9.17, 15) is 22.0 Å². The number of carbonyl (C=O) groups excluding carboxylic acids is 1. The summed E-state index contributed by atoms with van der Waals surface area (Å²) >= 11 is 0. The van der Waals surface area contributed by atoms with Gasteiger partial charge in [0, 0.05) is 51.3 Å². The molecule has 3 fully saturated rings. The van der Waals surface area contributed by atoms with Gasteiger partial charge in [0.15, 0.2) is 0 Å². The first-order chi connectivity index (χ1) is 18.6. The van der Waals surface area contributed by atoms with Gasteiger partial charge in [0.1, 0.15) is 11.6 Å². The van der Waals surface area contributed by atoms with Crippen LogP contribution in [-0.4, -0.2) is 93.1 Å². The zero-order valence-corrected chi connectivity index (χ0v) is 24.4. The van der Waals surface area contributed by atoms with Crippen molar-refractivity contribution in [3.63, 3.8) is 0 Å². The van der Waals surface area contributed by atoms with Crippen LogP contribution in [0.15, 0.2) is 18.2 Å². The SMILES string of the molecule is CCN(C(=O)CC1CCNCC1)C1CCN(CC[C@@H](c2cc(F)cc(F)c2)C2CCN(S(C)(=O)=O)CC2)CC1. The summed E-state index contributed by atoms with van der Waals surface area (Å²) in [6, 6.07) is 4.06. The molecule has 0 radical (unpaired) electrons. The van der Waals surface area contributed by atoms with Crippen molar-refractivity contribution in [3.05, 3.63) is 35.4 Å². The minimum absolute atomic E-state index is 0.0339. The van der Waals surface area contributed by atoms with E-state index in [0.29, 0.717) is 43.8 Å². The average molecular weight is 569 g/mol. The monoisotopic (exact) mass is 568 g/mol. The molecule has 0 aromatic heterocycles. The van der Waals surface area contributed by atoms with Crippen LogP contribution in [0.2, 0.25) is 0 Å². The first-order valence-electron chi connectivity index (χ1n) is 14.8. The number of benzene rings is 1. The Kier molecular flexibility index (Phi) is 10.8. The molecule has 0 spiro atoms. The fourth-order valence-electron chi connectivity index (χ4n) is 6.94. The molecule has 1 amide bonds. The maximum atomic E-state index is 14.2. The Balaban J connectivity index is 1.33. The summed E-state index contributed by atoms with van der Waals surface area (Å²) in [6.07, 6.45) is 8.05. The lowest BCUT2D eigenvalue weighted by atomic mass is 9.78. The van der Waals surface area contributed by atoms with Gasteiger partial charge in [-0.1, -0.05) is 0 Å². The predicted molar refractivity (Wildman–Crippen MR) is 150 cm³/mol. The van der Waals surface area contributed by atoms with Crippen molar-refractivity contribution in [2.75, 3.05) is 58.6 Å². The number of hydrogen-bond acceptors (Lipinski definition) is 5. The van der Waals surface area contributed by atoms with Crippen LogP contribution in [0.5, 0.6) is 0 Å². The number of sulfonamides is 1. The highest BCUT2D eigenvalue weighted by molar-refractivity contribution is 7.88. The fraction of sp³-hybridized carbons (Fsp3) is 0.759. The fourth-order valence-corrected chi connectivity index (χ4v) is 7.81. The molecule has 10 heteroatoms. The number of likely N-dealkylation sites (tertiary alicyclic amines) is 1. The summed E-state index contributed by atoms with van der Waals surface area (Å²) < 4.78 is 53.8. The Morgan fingerprint density at radius 1 is 1.00 bits per heavy atom. The quantitative estimate of drug-likeness (QED) is 0.465. The van der Waals surface area contributed by atoms with Gasteiger partial charge >= 0.3 is 0 Å². The van der Waals surface area contributed by atoms with E-state index < -0.39 is 21.7 Å². The molecule has 1 aromatic carbocycles. The average Bonchev–Trinajstić information content (AvgIpc) is 2.90. The van der Waals surface area contributed by atoms with E-state index in [-0.39, 0.29) is 23.8 Å². The van der Waals surface area contributed by atoms with Gasteiger partial charge in [-0.15, -0.1) is 0 Å². The van der Waals surface area contributed by atoms with Crippen molar-refractivity contribution >= 4 is 15.9 Å². The van der Waals surface area contributed by atoms with Crippen molar-refractivity contribution in [3.8, 4) is 0 Å². The molecule has 1 N–H and O–H groups in total. The normalized spacial score (nSPS) is 22.2. The van der Waals surface area contributed by atoms with Crippen molar-refractivity contribution in [2.24, 2.45) is 11.8 Å². The van der Waals surface area contributed by atoms with Gasteiger partial charge in [-0.25, -0.2) is 21.5 Å². The number of nitrogens with one attached hydrogen (secondary N) is 1. The van der Waals surface area contributed by atoms with E-state index in [4.69, 9.17) is 0 Å². The van der Waals surface area contributed by atoms with E-state index in [2.05, 4.69) is 22.0 Å². The molecular formula is C29H46F2N4O3S. The third-order valence-electron chi connectivity index (χ3n) is 9.19.